The summed E-state index contributed by atoms with van der Waals surface area (Å²) in [5.74, 6) is 0.454. The molecule has 3 aromatic rings. The number of phenols is 1. The van der Waals surface area contributed by atoms with Crippen molar-refractivity contribution in [1.82, 2.24) is 9.55 Å². The highest BCUT2D eigenvalue weighted by Crippen LogP contribution is 2.28. The Morgan fingerprint density at radius 2 is 1.74 bits per heavy atom. The van der Waals surface area contributed by atoms with Crippen molar-refractivity contribution in [3.8, 4) is 22.6 Å². The molecule has 0 amide bonds. The second-order valence-electron chi connectivity index (χ2n) is 5.42. The van der Waals surface area contributed by atoms with Crippen LogP contribution >= 0.6 is 0 Å². The van der Waals surface area contributed by atoms with Gasteiger partial charge in [0.25, 0.3) is 5.56 Å². The number of benzene rings is 1. The lowest BCUT2D eigenvalue weighted by Crippen LogP contribution is -2.24. The van der Waals surface area contributed by atoms with Gasteiger partial charge in [-0.3, -0.25) is 14.3 Å². The number of aryl methyl sites for hydroxylation is 1. The lowest BCUT2D eigenvalue weighted by Gasteiger charge is -2.17. The zero-order valence-electron chi connectivity index (χ0n) is 12.9. The van der Waals surface area contributed by atoms with Crippen molar-refractivity contribution in [3.05, 3.63) is 70.3 Å². The molecule has 3 rings (SSSR count). The van der Waals surface area contributed by atoms with Crippen molar-refractivity contribution < 1.29 is 5.11 Å². The number of pyridine rings is 2. The molecule has 0 saturated heterocycles. The molecular weight excluding hydrogens is 290 g/mol. The zero-order chi connectivity index (χ0) is 16.6. The minimum absolute atomic E-state index is 0.131. The van der Waals surface area contributed by atoms with Crippen molar-refractivity contribution in [3.63, 3.8) is 0 Å². The standard InChI is InChI=1S/C18H17N3O2/c1-11-3-5-15(22)12(2)17(11)21-16(19)6-4-14(18(21)23)13-7-9-20-10-8-13/h3-10,22H,19H2,1-2H3. The molecule has 1 aromatic carbocycles. The maximum atomic E-state index is 13.0. The molecule has 0 aliphatic carbocycles. The summed E-state index contributed by atoms with van der Waals surface area (Å²) in [4.78, 5) is 17.0. The van der Waals surface area contributed by atoms with E-state index in [4.69, 9.17) is 5.73 Å². The molecule has 2 heterocycles. The number of aromatic hydroxyl groups is 1. The van der Waals surface area contributed by atoms with E-state index in [2.05, 4.69) is 4.98 Å². The maximum Gasteiger partial charge on any atom is 0.264 e. The van der Waals surface area contributed by atoms with E-state index in [0.717, 1.165) is 11.1 Å². The first-order valence-electron chi connectivity index (χ1n) is 7.22. The van der Waals surface area contributed by atoms with E-state index >= 15 is 0 Å². The Morgan fingerprint density at radius 3 is 2.43 bits per heavy atom. The second-order valence-corrected chi connectivity index (χ2v) is 5.42. The fourth-order valence-corrected chi connectivity index (χ4v) is 2.70. The molecule has 0 unspecified atom stereocenters. The van der Waals surface area contributed by atoms with Gasteiger partial charge < -0.3 is 10.8 Å². The van der Waals surface area contributed by atoms with Crippen molar-refractivity contribution in [1.29, 1.82) is 0 Å². The first kappa shape index (κ1) is 14.8. The molecule has 0 aliphatic heterocycles. The molecule has 0 spiro atoms. The molecule has 3 N–H and O–H groups in total. The lowest BCUT2D eigenvalue weighted by atomic mass is 10.1. The zero-order valence-corrected chi connectivity index (χ0v) is 12.9. The van der Waals surface area contributed by atoms with E-state index < -0.39 is 0 Å². The molecule has 0 radical (unpaired) electrons. The topological polar surface area (TPSA) is 81.1 Å². The third-order valence-corrected chi connectivity index (χ3v) is 3.93. The van der Waals surface area contributed by atoms with E-state index in [1.165, 1.54) is 4.57 Å². The first-order valence-corrected chi connectivity index (χ1v) is 7.22. The summed E-state index contributed by atoms with van der Waals surface area (Å²) < 4.78 is 1.44. The lowest BCUT2D eigenvalue weighted by molar-refractivity contribution is 0.470. The fourth-order valence-electron chi connectivity index (χ4n) is 2.70. The van der Waals surface area contributed by atoms with Crippen molar-refractivity contribution in [2.75, 3.05) is 5.73 Å². The third kappa shape index (κ3) is 2.46. The van der Waals surface area contributed by atoms with Crippen LogP contribution < -0.4 is 11.3 Å². The van der Waals surface area contributed by atoms with E-state index in [-0.39, 0.29) is 11.3 Å². The molecule has 23 heavy (non-hydrogen) atoms. The van der Waals surface area contributed by atoms with Gasteiger partial charge in [-0.1, -0.05) is 6.07 Å². The van der Waals surface area contributed by atoms with Crippen LogP contribution in [0.25, 0.3) is 16.8 Å². The number of nitrogens with two attached hydrogens (primary N) is 1. The average molecular weight is 307 g/mol. The average Bonchev–Trinajstić information content (AvgIpc) is 2.55. The minimum atomic E-state index is -0.229. The molecular formula is C18H17N3O2. The Labute approximate surface area is 133 Å². The van der Waals surface area contributed by atoms with Gasteiger partial charge in [-0.05, 0) is 55.3 Å². The van der Waals surface area contributed by atoms with Crippen LogP contribution in [0.4, 0.5) is 5.82 Å². The Morgan fingerprint density at radius 1 is 1.04 bits per heavy atom. The van der Waals surface area contributed by atoms with Gasteiger partial charge in [0.2, 0.25) is 0 Å². The van der Waals surface area contributed by atoms with Gasteiger partial charge in [-0.25, -0.2) is 0 Å². The number of aromatic nitrogens is 2. The van der Waals surface area contributed by atoms with Gasteiger partial charge in [-0.2, -0.15) is 0 Å². The van der Waals surface area contributed by atoms with Gasteiger partial charge in [-0.15, -0.1) is 0 Å². The van der Waals surface area contributed by atoms with Crippen molar-refractivity contribution in [2.24, 2.45) is 0 Å². The molecule has 5 nitrogen and oxygen atoms in total. The number of hydrogen-bond acceptors (Lipinski definition) is 4. The van der Waals surface area contributed by atoms with Gasteiger partial charge in [0.15, 0.2) is 0 Å². The Hall–Kier alpha value is -3.08. The summed E-state index contributed by atoms with van der Waals surface area (Å²) in [5, 5.41) is 9.99. The molecule has 0 fully saturated rings. The highest BCUT2D eigenvalue weighted by Gasteiger charge is 2.15. The molecule has 0 atom stereocenters. The third-order valence-electron chi connectivity index (χ3n) is 3.93. The van der Waals surface area contributed by atoms with Crippen molar-refractivity contribution in [2.45, 2.75) is 13.8 Å². The van der Waals surface area contributed by atoms with Crippen LogP contribution in [0.3, 0.4) is 0 Å². The van der Waals surface area contributed by atoms with E-state index in [1.807, 2.05) is 6.92 Å². The van der Waals surface area contributed by atoms with E-state index in [9.17, 15) is 9.90 Å². The van der Waals surface area contributed by atoms with Crippen LogP contribution in [0.5, 0.6) is 5.75 Å². The number of nitrogen functional groups attached to an aromatic ring is 1. The summed E-state index contributed by atoms with van der Waals surface area (Å²) in [6.07, 6.45) is 3.28. The van der Waals surface area contributed by atoms with Crippen LogP contribution in [-0.4, -0.2) is 14.7 Å². The molecule has 5 heteroatoms. The summed E-state index contributed by atoms with van der Waals surface area (Å²) in [6, 6.07) is 10.3. The SMILES string of the molecule is Cc1ccc(O)c(C)c1-n1c(N)ccc(-c2ccncc2)c1=O. The van der Waals surface area contributed by atoms with Crippen molar-refractivity contribution >= 4 is 5.82 Å². The normalized spacial score (nSPS) is 10.7. The number of anilines is 1. The van der Waals surface area contributed by atoms with Crippen LogP contribution in [0.15, 0.2) is 53.6 Å². The predicted molar refractivity (Wildman–Crippen MR) is 90.8 cm³/mol. The highest BCUT2D eigenvalue weighted by molar-refractivity contribution is 5.66. The Kier molecular flexibility index (Phi) is 3.62. The molecule has 0 bridgehead atoms. The molecule has 0 saturated carbocycles. The first-order chi connectivity index (χ1) is 11.0. The second kappa shape index (κ2) is 5.61. The van der Waals surface area contributed by atoms with Gasteiger partial charge in [0, 0.05) is 23.5 Å². The predicted octanol–water partition coefficient (Wildman–Crippen LogP) is 2.80. The maximum absolute atomic E-state index is 13.0. The van der Waals surface area contributed by atoms with E-state index in [1.54, 1.807) is 55.7 Å². The quantitative estimate of drug-likeness (QED) is 0.763. The summed E-state index contributed by atoms with van der Waals surface area (Å²) in [7, 11) is 0. The largest absolute Gasteiger partial charge is 0.508 e. The van der Waals surface area contributed by atoms with Gasteiger partial charge in [0.05, 0.1) is 5.69 Å². The molecule has 2 aromatic heterocycles. The summed E-state index contributed by atoms with van der Waals surface area (Å²) >= 11 is 0. The monoisotopic (exact) mass is 307 g/mol. The number of nitrogens with zero attached hydrogens (tertiary/aromatic N) is 2. The number of hydrogen-bond donors (Lipinski definition) is 2. The van der Waals surface area contributed by atoms with Crippen LogP contribution in [0.2, 0.25) is 0 Å². The van der Waals surface area contributed by atoms with Crippen LogP contribution in [-0.2, 0) is 0 Å². The molecule has 116 valence electrons. The minimum Gasteiger partial charge on any atom is -0.508 e. The number of rotatable bonds is 2. The summed E-state index contributed by atoms with van der Waals surface area (Å²) in [6.45, 7) is 3.65. The van der Waals surface area contributed by atoms with Gasteiger partial charge in [0.1, 0.15) is 11.6 Å². The van der Waals surface area contributed by atoms with Gasteiger partial charge >= 0.3 is 0 Å². The smallest absolute Gasteiger partial charge is 0.264 e. The molecule has 0 aliphatic rings. The van der Waals surface area contributed by atoms with Crippen LogP contribution in [0.1, 0.15) is 11.1 Å². The highest BCUT2D eigenvalue weighted by atomic mass is 16.3. The fraction of sp³-hybridized carbons (Fsp3) is 0.111. The van der Waals surface area contributed by atoms with Crippen LogP contribution in [0, 0.1) is 13.8 Å². The Bertz CT molecular complexity index is 931. The van der Waals surface area contributed by atoms with E-state index in [0.29, 0.717) is 22.6 Å². The number of phenolic OH excluding ortho intramolecular Hbond substituents is 1. The Balaban J connectivity index is 2.35. The summed E-state index contributed by atoms with van der Waals surface area (Å²) in [5.41, 5.74) is 9.22.